The Bertz CT molecular complexity index is 620. The highest BCUT2D eigenvalue weighted by atomic mass is 79.9. The molecule has 2 rings (SSSR count). The molecule has 0 heterocycles. The Balaban J connectivity index is 2.35. The van der Waals surface area contributed by atoms with Crippen LogP contribution in [0, 0.1) is 0 Å². The van der Waals surface area contributed by atoms with Crippen LogP contribution in [0.3, 0.4) is 0 Å². The molecule has 0 aliphatic carbocycles. The third-order valence-corrected chi connectivity index (χ3v) is 3.87. The number of rotatable bonds is 3. The first kappa shape index (κ1) is 14.5. The Morgan fingerprint density at radius 3 is 2.26 bits per heavy atom. The number of hydrogen-bond donors (Lipinski definition) is 1. The molecule has 0 saturated heterocycles. The van der Waals surface area contributed by atoms with Crippen molar-refractivity contribution in [2.24, 2.45) is 0 Å². The van der Waals surface area contributed by atoms with E-state index in [-0.39, 0.29) is 0 Å². The lowest BCUT2D eigenvalue weighted by Gasteiger charge is -2.12. The van der Waals surface area contributed by atoms with Crippen LogP contribution in [0.1, 0.15) is 0 Å². The second-order valence-electron chi connectivity index (χ2n) is 3.70. The van der Waals surface area contributed by atoms with Crippen LogP contribution in [-0.2, 0) is 0 Å². The van der Waals surface area contributed by atoms with Crippen LogP contribution in [0.25, 0.3) is 0 Å². The Hall–Kier alpha value is -0.910. The van der Waals surface area contributed by atoms with Crippen LogP contribution >= 0.6 is 43.5 Å². The number of nitrogen functional groups attached to an aromatic ring is 1. The van der Waals surface area contributed by atoms with Gasteiger partial charge in [0.1, 0.15) is 17.2 Å². The number of anilines is 1. The van der Waals surface area contributed by atoms with Gasteiger partial charge in [-0.05, 0) is 62.2 Å². The smallest absolute Gasteiger partial charge is 0.150 e. The molecular weight excluding hydrogens is 397 g/mol. The van der Waals surface area contributed by atoms with Gasteiger partial charge in [0.15, 0.2) is 0 Å². The Labute approximate surface area is 132 Å². The zero-order chi connectivity index (χ0) is 14.0. The minimum atomic E-state index is 0.478. The van der Waals surface area contributed by atoms with Gasteiger partial charge < -0.3 is 15.2 Å². The molecule has 100 valence electrons. The Morgan fingerprint density at radius 1 is 1.00 bits per heavy atom. The first-order chi connectivity index (χ1) is 9.01. The van der Waals surface area contributed by atoms with E-state index in [4.69, 9.17) is 26.8 Å². The monoisotopic (exact) mass is 405 g/mol. The van der Waals surface area contributed by atoms with Crippen LogP contribution in [0.2, 0.25) is 5.02 Å². The predicted octanol–water partition coefficient (Wildman–Crippen LogP) is 5.25. The van der Waals surface area contributed by atoms with Crippen molar-refractivity contribution in [1.29, 1.82) is 0 Å². The van der Waals surface area contributed by atoms with E-state index >= 15 is 0 Å². The number of hydrogen-bond acceptors (Lipinski definition) is 3. The molecule has 3 nitrogen and oxygen atoms in total. The Kier molecular flexibility index (Phi) is 4.60. The summed E-state index contributed by atoms with van der Waals surface area (Å²) in [7, 11) is 1.60. The number of ether oxygens (including phenoxy) is 2. The standard InChI is InChI=1S/C13H10Br2ClNO2/c1-18-12-5-9(15)13(6-8(12)14)19-11-3-2-7(16)4-10(11)17/h2-6H,17H2,1H3. The van der Waals surface area contributed by atoms with Crippen molar-refractivity contribution < 1.29 is 9.47 Å². The molecule has 0 unspecified atom stereocenters. The molecule has 2 N–H and O–H groups in total. The lowest BCUT2D eigenvalue weighted by Crippen LogP contribution is -1.93. The molecule has 0 radical (unpaired) electrons. The molecule has 0 amide bonds. The summed E-state index contributed by atoms with van der Waals surface area (Å²) in [5, 5.41) is 0.569. The van der Waals surface area contributed by atoms with Gasteiger partial charge in [0.05, 0.1) is 21.7 Å². The summed E-state index contributed by atoms with van der Waals surface area (Å²) in [5.74, 6) is 1.88. The van der Waals surface area contributed by atoms with E-state index < -0.39 is 0 Å². The summed E-state index contributed by atoms with van der Waals surface area (Å²) < 4.78 is 12.5. The number of methoxy groups -OCH3 is 1. The zero-order valence-corrected chi connectivity index (χ0v) is 13.8. The average Bonchev–Trinajstić information content (AvgIpc) is 2.36. The van der Waals surface area contributed by atoms with Crippen molar-refractivity contribution in [3.63, 3.8) is 0 Å². The van der Waals surface area contributed by atoms with Crippen molar-refractivity contribution >= 4 is 49.1 Å². The Morgan fingerprint density at radius 2 is 1.63 bits per heavy atom. The molecule has 19 heavy (non-hydrogen) atoms. The summed E-state index contributed by atoms with van der Waals surface area (Å²) >= 11 is 12.7. The van der Waals surface area contributed by atoms with Gasteiger partial charge in [0.2, 0.25) is 0 Å². The molecular formula is C13H10Br2ClNO2. The SMILES string of the molecule is COc1cc(Br)c(Oc2ccc(Cl)cc2N)cc1Br. The molecule has 0 fully saturated rings. The van der Waals surface area contributed by atoms with Crippen LogP contribution < -0.4 is 15.2 Å². The maximum absolute atomic E-state index is 5.85. The molecule has 0 aromatic heterocycles. The fourth-order valence-corrected chi connectivity index (χ4v) is 2.54. The lowest BCUT2D eigenvalue weighted by molar-refractivity contribution is 0.409. The first-order valence-corrected chi connectivity index (χ1v) is 7.23. The first-order valence-electron chi connectivity index (χ1n) is 5.27. The van der Waals surface area contributed by atoms with Crippen LogP contribution in [0.4, 0.5) is 5.69 Å². The highest BCUT2D eigenvalue weighted by molar-refractivity contribution is 9.11. The van der Waals surface area contributed by atoms with E-state index in [2.05, 4.69) is 31.9 Å². The molecule has 2 aromatic rings. The van der Waals surface area contributed by atoms with Gasteiger partial charge in [0.25, 0.3) is 0 Å². The molecule has 0 atom stereocenters. The molecule has 0 aliphatic heterocycles. The highest BCUT2D eigenvalue weighted by Crippen LogP contribution is 2.39. The van der Waals surface area contributed by atoms with Gasteiger partial charge in [-0.1, -0.05) is 11.6 Å². The van der Waals surface area contributed by atoms with Gasteiger partial charge >= 0.3 is 0 Å². The molecule has 2 aromatic carbocycles. The minimum absolute atomic E-state index is 0.478. The molecule has 0 bridgehead atoms. The number of benzene rings is 2. The normalized spacial score (nSPS) is 10.3. The zero-order valence-electron chi connectivity index (χ0n) is 9.91. The van der Waals surface area contributed by atoms with Crippen molar-refractivity contribution in [2.45, 2.75) is 0 Å². The maximum atomic E-state index is 5.85. The van der Waals surface area contributed by atoms with Gasteiger partial charge in [-0.25, -0.2) is 0 Å². The summed E-state index contributed by atoms with van der Waals surface area (Å²) in [6, 6.07) is 8.70. The van der Waals surface area contributed by atoms with Crippen LogP contribution in [0.15, 0.2) is 39.3 Å². The van der Waals surface area contributed by atoms with Crippen LogP contribution in [0.5, 0.6) is 17.2 Å². The van der Waals surface area contributed by atoms with E-state index in [0.717, 1.165) is 8.95 Å². The lowest BCUT2D eigenvalue weighted by atomic mass is 10.3. The molecule has 0 spiro atoms. The van der Waals surface area contributed by atoms with Gasteiger partial charge in [-0.3, -0.25) is 0 Å². The fourth-order valence-electron chi connectivity index (χ4n) is 1.48. The molecule has 0 aliphatic rings. The fraction of sp³-hybridized carbons (Fsp3) is 0.0769. The van der Waals surface area contributed by atoms with E-state index in [1.54, 1.807) is 31.4 Å². The predicted molar refractivity (Wildman–Crippen MR) is 84.3 cm³/mol. The van der Waals surface area contributed by atoms with Crippen LogP contribution in [-0.4, -0.2) is 7.11 Å². The summed E-state index contributed by atoms with van der Waals surface area (Å²) in [6.07, 6.45) is 0. The molecule has 6 heteroatoms. The topological polar surface area (TPSA) is 44.5 Å². The van der Waals surface area contributed by atoms with Gasteiger partial charge in [-0.2, -0.15) is 0 Å². The summed E-state index contributed by atoms with van der Waals surface area (Å²) in [5.41, 5.74) is 6.33. The maximum Gasteiger partial charge on any atom is 0.150 e. The number of halogens is 3. The quantitative estimate of drug-likeness (QED) is 0.707. The minimum Gasteiger partial charge on any atom is -0.496 e. The largest absolute Gasteiger partial charge is 0.496 e. The highest BCUT2D eigenvalue weighted by Gasteiger charge is 2.10. The van der Waals surface area contributed by atoms with Gasteiger partial charge in [0, 0.05) is 5.02 Å². The van der Waals surface area contributed by atoms with Crippen molar-refractivity contribution in [2.75, 3.05) is 12.8 Å². The van der Waals surface area contributed by atoms with Crippen molar-refractivity contribution in [3.05, 3.63) is 44.3 Å². The summed E-state index contributed by atoms with van der Waals surface area (Å²) in [6.45, 7) is 0. The van der Waals surface area contributed by atoms with E-state index in [1.807, 2.05) is 6.07 Å². The third-order valence-electron chi connectivity index (χ3n) is 2.40. The van der Waals surface area contributed by atoms with E-state index in [0.29, 0.717) is 28.0 Å². The number of nitrogens with two attached hydrogens (primary N) is 1. The van der Waals surface area contributed by atoms with Crippen molar-refractivity contribution in [1.82, 2.24) is 0 Å². The second kappa shape index (κ2) is 6.03. The summed E-state index contributed by atoms with van der Waals surface area (Å²) in [4.78, 5) is 0. The van der Waals surface area contributed by atoms with E-state index in [9.17, 15) is 0 Å². The van der Waals surface area contributed by atoms with E-state index in [1.165, 1.54) is 0 Å². The third kappa shape index (κ3) is 3.35. The second-order valence-corrected chi connectivity index (χ2v) is 5.85. The molecule has 0 saturated carbocycles. The van der Waals surface area contributed by atoms with Gasteiger partial charge in [-0.15, -0.1) is 0 Å². The average molecular weight is 407 g/mol. The van der Waals surface area contributed by atoms with Crippen molar-refractivity contribution in [3.8, 4) is 17.2 Å².